The molecule has 4 aromatic rings. The minimum atomic E-state index is -2.93. The minimum absolute atomic E-state index is 0.0585. The Kier molecular flexibility index (Phi) is 3.42. The van der Waals surface area contributed by atoms with Crippen molar-refractivity contribution in [1.29, 1.82) is 0 Å². The molecule has 0 bridgehead atoms. The highest BCUT2D eigenvalue weighted by atomic mass is 32.1. The highest BCUT2D eigenvalue weighted by molar-refractivity contribution is 7.20. The number of ether oxygens (including phenoxy) is 1. The molecule has 0 saturated carbocycles. The summed E-state index contributed by atoms with van der Waals surface area (Å²) in [6.07, 6.45) is 2.98. The molecule has 25 heavy (non-hydrogen) atoms. The molecule has 4 heterocycles. The molecule has 0 spiro atoms. The number of hydrogen-bond acceptors (Lipinski definition) is 5. The van der Waals surface area contributed by atoms with Crippen molar-refractivity contribution in [2.24, 2.45) is 7.05 Å². The molecule has 7 nitrogen and oxygen atoms in total. The lowest BCUT2D eigenvalue weighted by Gasteiger charge is -2.06. The van der Waals surface area contributed by atoms with Crippen LogP contribution in [0.3, 0.4) is 0 Å². The van der Waals surface area contributed by atoms with Crippen molar-refractivity contribution < 1.29 is 23.4 Å². The van der Waals surface area contributed by atoms with Gasteiger partial charge in [0, 0.05) is 24.0 Å². The zero-order valence-corrected chi connectivity index (χ0v) is 13.5. The van der Waals surface area contributed by atoms with Crippen molar-refractivity contribution in [2.75, 3.05) is 0 Å². The van der Waals surface area contributed by atoms with Gasteiger partial charge in [-0.3, -0.25) is 9.25 Å². The number of nitrogens with zero attached hydrogens (tertiary/aromatic N) is 4. The van der Waals surface area contributed by atoms with E-state index in [2.05, 4.69) is 14.8 Å². The molecule has 1 N–H and O–H groups in total. The normalized spacial score (nSPS) is 11.7. The zero-order valence-electron chi connectivity index (χ0n) is 12.7. The summed E-state index contributed by atoms with van der Waals surface area (Å²) >= 11 is 1.10. The fraction of sp³-hybridized carbons (Fsp3) is 0.133. The molecular formula is C15H10F2N4O3S. The number of halogens is 2. The molecule has 0 aliphatic heterocycles. The van der Waals surface area contributed by atoms with E-state index in [4.69, 9.17) is 0 Å². The first-order valence-electron chi connectivity index (χ1n) is 7.06. The van der Waals surface area contributed by atoms with Gasteiger partial charge in [0.15, 0.2) is 5.65 Å². The molecule has 0 aromatic carbocycles. The van der Waals surface area contributed by atoms with Crippen molar-refractivity contribution in [3.8, 4) is 11.6 Å². The van der Waals surface area contributed by atoms with Gasteiger partial charge in [0.1, 0.15) is 21.3 Å². The Morgan fingerprint density at radius 3 is 2.80 bits per heavy atom. The van der Waals surface area contributed by atoms with E-state index in [1.54, 1.807) is 28.6 Å². The molecular weight excluding hydrogens is 354 g/mol. The van der Waals surface area contributed by atoms with Crippen LogP contribution in [0, 0.1) is 0 Å². The first kappa shape index (κ1) is 15.5. The van der Waals surface area contributed by atoms with Crippen LogP contribution in [0.4, 0.5) is 8.78 Å². The number of fused-ring (bicyclic) bond motifs is 3. The standard InChI is InChI=1S/C15H10F2N4O3S/c1-20-6-9-8-4-10(14(22)23)25-13(8)21(12(9)19-20)11-3-2-7(5-18-11)24-15(16)17/h2-6,15H,1H3,(H,22,23). The van der Waals surface area contributed by atoms with Gasteiger partial charge in [-0.2, -0.15) is 13.9 Å². The topological polar surface area (TPSA) is 82.2 Å². The van der Waals surface area contributed by atoms with Crippen molar-refractivity contribution >= 4 is 38.6 Å². The van der Waals surface area contributed by atoms with Gasteiger partial charge in [0.2, 0.25) is 0 Å². The highest BCUT2D eigenvalue weighted by Crippen LogP contribution is 2.36. The Labute approximate surface area is 142 Å². The number of carboxylic acids is 1. The largest absolute Gasteiger partial charge is 0.477 e. The quantitative estimate of drug-likeness (QED) is 0.601. The van der Waals surface area contributed by atoms with E-state index in [1.807, 2.05) is 0 Å². The second-order valence-corrected chi connectivity index (χ2v) is 6.27. The van der Waals surface area contributed by atoms with Gasteiger partial charge in [-0.15, -0.1) is 11.3 Å². The van der Waals surface area contributed by atoms with Gasteiger partial charge in [-0.25, -0.2) is 9.78 Å². The molecule has 0 radical (unpaired) electrons. The number of aromatic nitrogens is 4. The summed E-state index contributed by atoms with van der Waals surface area (Å²) in [6, 6.07) is 4.49. The lowest BCUT2D eigenvalue weighted by atomic mass is 10.3. The van der Waals surface area contributed by atoms with Gasteiger partial charge < -0.3 is 9.84 Å². The van der Waals surface area contributed by atoms with Crippen molar-refractivity contribution in [3.63, 3.8) is 0 Å². The molecule has 4 aromatic heterocycles. The number of carbonyl (C=O) groups is 1. The lowest BCUT2D eigenvalue weighted by molar-refractivity contribution is -0.0500. The number of rotatable bonds is 4. The third-order valence-electron chi connectivity index (χ3n) is 3.61. The van der Waals surface area contributed by atoms with Crippen LogP contribution in [0.1, 0.15) is 9.67 Å². The molecule has 128 valence electrons. The smallest absolute Gasteiger partial charge is 0.387 e. The van der Waals surface area contributed by atoms with E-state index in [0.717, 1.165) is 22.1 Å². The summed E-state index contributed by atoms with van der Waals surface area (Å²) in [6.45, 7) is -2.93. The van der Waals surface area contributed by atoms with E-state index in [-0.39, 0.29) is 10.6 Å². The van der Waals surface area contributed by atoms with E-state index in [0.29, 0.717) is 16.3 Å². The molecule has 0 aliphatic rings. The third-order valence-corrected chi connectivity index (χ3v) is 4.72. The Balaban J connectivity index is 1.93. The molecule has 0 atom stereocenters. The number of aromatic carboxylic acids is 1. The predicted octanol–water partition coefficient (Wildman–Crippen LogP) is 3.27. The lowest BCUT2D eigenvalue weighted by Crippen LogP contribution is -2.03. The highest BCUT2D eigenvalue weighted by Gasteiger charge is 2.21. The van der Waals surface area contributed by atoms with Crippen molar-refractivity contribution in [2.45, 2.75) is 6.61 Å². The Bertz CT molecular complexity index is 1100. The average Bonchev–Trinajstić information content (AvgIpc) is 3.18. The molecule has 0 amide bonds. The zero-order chi connectivity index (χ0) is 17.7. The van der Waals surface area contributed by atoms with Gasteiger partial charge >= 0.3 is 12.6 Å². The SMILES string of the molecule is Cn1cc2c3cc(C(=O)O)sc3n(-c3ccc(OC(F)F)cn3)c2n1. The molecule has 10 heteroatoms. The molecule has 0 fully saturated rings. The fourth-order valence-corrected chi connectivity index (χ4v) is 3.69. The van der Waals surface area contributed by atoms with Crippen LogP contribution < -0.4 is 4.74 Å². The van der Waals surface area contributed by atoms with E-state index < -0.39 is 12.6 Å². The summed E-state index contributed by atoms with van der Waals surface area (Å²) in [5.41, 5.74) is 0.607. The van der Waals surface area contributed by atoms with Crippen molar-refractivity contribution in [3.05, 3.63) is 35.5 Å². The predicted molar refractivity (Wildman–Crippen MR) is 86.8 cm³/mol. The number of thiophene rings is 1. The average molecular weight is 364 g/mol. The summed E-state index contributed by atoms with van der Waals surface area (Å²) in [4.78, 5) is 16.3. The van der Waals surface area contributed by atoms with Gasteiger partial charge in [0.05, 0.1) is 6.20 Å². The van der Waals surface area contributed by atoms with Gasteiger partial charge in [0.25, 0.3) is 0 Å². The summed E-state index contributed by atoms with van der Waals surface area (Å²) < 4.78 is 32.2. The minimum Gasteiger partial charge on any atom is -0.477 e. The number of alkyl halides is 2. The molecule has 4 rings (SSSR count). The first-order chi connectivity index (χ1) is 11.9. The van der Waals surface area contributed by atoms with Crippen LogP contribution in [0.15, 0.2) is 30.6 Å². The maximum atomic E-state index is 12.3. The molecule has 0 aliphatic carbocycles. The summed E-state index contributed by atoms with van der Waals surface area (Å²) in [5.74, 6) is -0.644. The first-order valence-corrected chi connectivity index (χ1v) is 7.88. The Morgan fingerprint density at radius 1 is 1.36 bits per heavy atom. The Morgan fingerprint density at radius 2 is 2.16 bits per heavy atom. The van der Waals surface area contributed by atoms with Crippen LogP contribution in [0.25, 0.3) is 27.1 Å². The molecule has 0 saturated heterocycles. The molecule has 0 unspecified atom stereocenters. The number of pyridine rings is 1. The third kappa shape index (κ3) is 2.50. The summed E-state index contributed by atoms with van der Waals surface area (Å²) in [7, 11) is 1.76. The van der Waals surface area contributed by atoms with E-state index in [1.165, 1.54) is 18.3 Å². The van der Waals surface area contributed by atoms with Gasteiger partial charge in [-0.05, 0) is 18.2 Å². The summed E-state index contributed by atoms with van der Waals surface area (Å²) in [5, 5.41) is 15.2. The van der Waals surface area contributed by atoms with Crippen LogP contribution in [-0.2, 0) is 7.05 Å². The van der Waals surface area contributed by atoms with Crippen LogP contribution in [-0.4, -0.2) is 37.0 Å². The van der Waals surface area contributed by atoms with Crippen LogP contribution >= 0.6 is 11.3 Å². The Hall–Kier alpha value is -3.01. The number of hydrogen-bond donors (Lipinski definition) is 1. The maximum Gasteiger partial charge on any atom is 0.387 e. The van der Waals surface area contributed by atoms with E-state index >= 15 is 0 Å². The second-order valence-electron chi connectivity index (χ2n) is 5.24. The van der Waals surface area contributed by atoms with Crippen LogP contribution in [0.2, 0.25) is 0 Å². The van der Waals surface area contributed by atoms with E-state index in [9.17, 15) is 18.7 Å². The van der Waals surface area contributed by atoms with Crippen LogP contribution in [0.5, 0.6) is 5.75 Å². The monoisotopic (exact) mass is 364 g/mol. The van der Waals surface area contributed by atoms with Gasteiger partial charge in [-0.1, -0.05) is 0 Å². The van der Waals surface area contributed by atoms with Crippen molar-refractivity contribution in [1.82, 2.24) is 19.3 Å². The number of aryl methyl sites for hydroxylation is 1. The maximum absolute atomic E-state index is 12.3. The fourth-order valence-electron chi connectivity index (χ4n) is 2.66. The number of carboxylic acid groups (broad SMARTS) is 1. The second kappa shape index (κ2) is 5.52.